The minimum Gasteiger partial charge on any atom is -0.455 e. The molecule has 0 N–H and O–H groups in total. The summed E-state index contributed by atoms with van der Waals surface area (Å²) in [6.45, 7) is 0. The summed E-state index contributed by atoms with van der Waals surface area (Å²) in [6.07, 6.45) is 0. The Hall–Kier alpha value is -6.12. The lowest BCUT2D eigenvalue weighted by Crippen LogP contribution is -1.83. The summed E-state index contributed by atoms with van der Waals surface area (Å²) < 4.78 is 13.1. The van der Waals surface area contributed by atoms with Gasteiger partial charge in [-0.2, -0.15) is 0 Å². The molecule has 0 aliphatic carbocycles. The van der Waals surface area contributed by atoms with Crippen molar-refractivity contribution in [2.45, 2.75) is 0 Å². The molecule has 8 aromatic carbocycles. The fraction of sp³-hybridized carbons (Fsp3) is 0. The summed E-state index contributed by atoms with van der Waals surface area (Å²) in [5.74, 6) is 0. The van der Waals surface area contributed by atoms with Gasteiger partial charge in [0.05, 0.1) is 0 Å². The predicted octanol–water partition coefficient (Wildman–Crippen LogP) is 12.8. The van der Waals surface area contributed by atoms with Gasteiger partial charge in [0, 0.05) is 32.3 Å². The van der Waals surface area contributed by atoms with Gasteiger partial charge in [0.25, 0.3) is 0 Å². The Morgan fingerprint density at radius 1 is 0.261 bits per heavy atom. The van der Waals surface area contributed by atoms with Gasteiger partial charge in [0.2, 0.25) is 0 Å². The maximum absolute atomic E-state index is 6.54. The molecule has 0 bridgehead atoms. The monoisotopic (exact) mass is 586 g/mol. The lowest BCUT2D eigenvalue weighted by atomic mass is 9.94. The van der Waals surface area contributed by atoms with Crippen LogP contribution in [-0.4, -0.2) is 0 Å². The predicted molar refractivity (Wildman–Crippen MR) is 192 cm³/mol. The summed E-state index contributed by atoms with van der Waals surface area (Å²) in [4.78, 5) is 0. The molecule has 0 saturated heterocycles. The first-order valence-corrected chi connectivity index (χ1v) is 15.7. The second kappa shape index (κ2) is 9.69. The highest BCUT2D eigenvalue weighted by Crippen LogP contribution is 2.43. The molecule has 10 rings (SSSR count). The summed E-state index contributed by atoms with van der Waals surface area (Å²) in [5, 5.41) is 9.13. The van der Waals surface area contributed by atoms with E-state index in [1.165, 1.54) is 33.0 Å². The van der Waals surface area contributed by atoms with Crippen molar-refractivity contribution in [3.05, 3.63) is 158 Å². The molecule has 2 heterocycles. The van der Waals surface area contributed by atoms with Crippen molar-refractivity contribution in [3.8, 4) is 33.4 Å². The fourth-order valence-electron chi connectivity index (χ4n) is 7.27. The Morgan fingerprint density at radius 2 is 0.652 bits per heavy atom. The zero-order valence-electron chi connectivity index (χ0n) is 24.8. The maximum atomic E-state index is 6.54. The fourth-order valence-corrected chi connectivity index (χ4v) is 7.27. The molecule has 0 fully saturated rings. The molecular formula is C44H26O2. The number of rotatable bonds is 3. The van der Waals surface area contributed by atoms with Gasteiger partial charge in [-0.1, -0.05) is 121 Å². The van der Waals surface area contributed by atoms with Crippen LogP contribution in [0.15, 0.2) is 167 Å². The van der Waals surface area contributed by atoms with Crippen molar-refractivity contribution >= 4 is 65.4 Å². The zero-order valence-corrected chi connectivity index (χ0v) is 24.8. The van der Waals surface area contributed by atoms with Gasteiger partial charge in [-0.25, -0.2) is 0 Å². The third-order valence-corrected chi connectivity index (χ3v) is 9.46. The van der Waals surface area contributed by atoms with Crippen LogP contribution in [0.2, 0.25) is 0 Å². The van der Waals surface area contributed by atoms with E-state index in [4.69, 9.17) is 8.83 Å². The van der Waals surface area contributed by atoms with Crippen LogP contribution in [0, 0.1) is 0 Å². The molecule has 0 saturated carbocycles. The number of fused-ring (bicyclic) bond motifs is 10. The molecule has 46 heavy (non-hydrogen) atoms. The normalized spacial score (nSPS) is 11.9. The van der Waals surface area contributed by atoms with E-state index in [0.717, 1.165) is 65.8 Å². The highest BCUT2D eigenvalue weighted by Gasteiger charge is 2.18. The molecule has 2 nitrogen and oxygen atoms in total. The van der Waals surface area contributed by atoms with Crippen LogP contribution in [0.5, 0.6) is 0 Å². The lowest BCUT2D eigenvalue weighted by molar-refractivity contribution is 0.672. The van der Waals surface area contributed by atoms with Crippen molar-refractivity contribution < 1.29 is 8.83 Å². The Kier molecular flexibility index (Phi) is 5.31. The van der Waals surface area contributed by atoms with Gasteiger partial charge in [-0.05, 0) is 80.6 Å². The van der Waals surface area contributed by atoms with Crippen LogP contribution in [0.3, 0.4) is 0 Å². The third kappa shape index (κ3) is 3.71. The standard InChI is InChI=1S/C44H26O2/c1-3-11-27(12-4-1)35-25-39-37-23-29(19-21-41(37)45-43(39)33-17-9-7-15-31(33)35)30-20-22-42-38(24-30)40-26-36(28-13-5-2-6-14-28)32-16-8-10-18-34(32)44(40)46-42/h1-26H. The van der Waals surface area contributed by atoms with Crippen molar-refractivity contribution in [1.29, 1.82) is 0 Å². The first-order valence-electron chi connectivity index (χ1n) is 15.7. The summed E-state index contributed by atoms with van der Waals surface area (Å²) in [5.41, 5.74) is 10.8. The number of furan rings is 2. The molecule has 2 heteroatoms. The van der Waals surface area contributed by atoms with Gasteiger partial charge >= 0.3 is 0 Å². The SMILES string of the molecule is c1ccc(-c2cc3c4cc(-c5ccc6oc7c8ccccc8c(-c8ccccc8)cc7c6c5)ccc4oc3c3ccccc23)cc1. The van der Waals surface area contributed by atoms with Crippen LogP contribution < -0.4 is 0 Å². The highest BCUT2D eigenvalue weighted by molar-refractivity contribution is 6.21. The van der Waals surface area contributed by atoms with Crippen LogP contribution in [0.25, 0.3) is 98.8 Å². The maximum Gasteiger partial charge on any atom is 0.143 e. The van der Waals surface area contributed by atoms with Gasteiger partial charge in [0.15, 0.2) is 0 Å². The van der Waals surface area contributed by atoms with E-state index in [0.29, 0.717) is 0 Å². The molecule has 0 aliphatic rings. The van der Waals surface area contributed by atoms with E-state index >= 15 is 0 Å². The van der Waals surface area contributed by atoms with E-state index in [1.54, 1.807) is 0 Å². The van der Waals surface area contributed by atoms with E-state index < -0.39 is 0 Å². The van der Waals surface area contributed by atoms with Crippen molar-refractivity contribution in [2.24, 2.45) is 0 Å². The lowest BCUT2D eigenvalue weighted by Gasteiger charge is -2.08. The highest BCUT2D eigenvalue weighted by atomic mass is 16.3. The van der Waals surface area contributed by atoms with E-state index in [2.05, 4.69) is 158 Å². The quantitative estimate of drug-likeness (QED) is 0.206. The molecule has 0 amide bonds. The molecule has 0 spiro atoms. The second-order valence-corrected chi connectivity index (χ2v) is 12.1. The van der Waals surface area contributed by atoms with Crippen LogP contribution in [-0.2, 0) is 0 Å². The Balaban J connectivity index is 1.20. The Labute approximate surface area is 264 Å². The average Bonchev–Trinajstić information content (AvgIpc) is 3.69. The second-order valence-electron chi connectivity index (χ2n) is 12.1. The van der Waals surface area contributed by atoms with Gasteiger partial charge in [-0.3, -0.25) is 0 Å². The molecule has 0 unspecified atom stereocenters. The van der Waals surface area contributed by atoms with Crippen molar-refractivity contribution in [2.75, 3.05) is 0 Å². The summed E-state index contributed by atoms with van der Waals surface area (Å²) in [7, 11) is 0. The zero-order chi connectivity index (χ0) is 30.2. The van der Waals surface area contributed by atoms with E-state index in [1.807, 2.05) is 0 Å². The Morgan fingerprint density at radius 3 is 1.09 bits per heavy atom. The molecule has 0 aliphatic heterocycles. The minimum atomic E-state index is 0.892. The molecule has 214 valence electrons. The van der Waals surface area contributed by atoms with Crippen LogP contribution in [0.1, 0.15) is 0 Å². The van der Waals surface area contributed by atoms with E-state index in [9.17, 15) is 0 Å². The van der Waals surface area contributed by atoms with Gasteiger partial charge in [0.1, 0.15) is 22.3 Å². The Bertz CT molecular complexity index is 2590. The molecule has 10 aromatic rings. The average molecular weight is 587 g/mol. The van der Waals surface area contributed by atoms with Crippen molar-refractivity contribution in [1.82, 2.24) is 0 Å². The topological polar surface area (TPSA) is 26.3 Å². The van der Waals surface area contributed by atoms with Crippen LogP contribution in [0.4, 0.5) is 0 Å². The molecule has 2 aromatic heterocycles. The minimum absolute atomic E-state index is 0.892. The third-order valence-electron chi connectivity index (χ3n) is 9.46. The smallest absolute Gasteiger partial charge is 0.143 e. The van der Waals surface area contributed by atoms with Gasteiger partial charge < -0.3 is 8.83 Å². The number of hydrogen-bond acceptors (Lipinski definition) is 2. The first kappa shape index (κ1) is 25.2. The number of benzene rings is 8. The van der Waals surface area contributed by atoms with Crippen molar-refractivity contribution in [3.63, 3.8) is 0 Å². The summed E-state index contributed by atoms with van der Waals surface area (Å²) in [6, 6.07) is 56.0. The van der Waals surface area contributed by atoms with Gasteiger partial charge in [-0.15, -0.1) is 0 Å². The van der Waals surface area contributed by atoms with E-state index in [-0.39, 0.29) is 0 Å². The molecular weight excluding hydrogens is 560 g/mol. The molecule has 0 atom stereocenters. The molecule has 0 radical (unpaired) electrons. The summed E-state index contributed by atoms with van der Waals surface area (Å²) >= 11 is 0. The van der Waals surface area contributed by atoms with Crippen LogP contribution >= 0.6 is 0 Å². The first-order chi connectivity index (χ1) is 22.8. The number of hydrogen-bond donors (Lipinski definition) is 0. The largest absolute Gasteiger partial charge is 0.455 e.